The molecule has 0 saturated carbocycles. The van der Waals surface area contributed by atoms with Crippen LogP contribution < -0.4 is 10.6 Å². The second-order valence-corrected chi connectivity index (χ2v) is 8.27. The van der Waals surface area contributed by atoms with Gasteiger partial charge in [-0.2, -0.15) is 5.10 Å². The van der Waals surface area contributed by atoms with Gasteiger partial charge in [-0.1, -0.05) is 47.1 Å². The summed E-state index contributed by atoms with van der Waals surface area (Å²) in [5.74, 6) is 0.223. The number of guanidine groups is 1. The summed E-state index contributed by atoms with van der Waals surface area (Å²) < 4.78 is 2.74. The zero-order valence-corrected chi connectivity index (χ0v) is 20.0. The first kappa shape index (κ1) is 22.7. The molecule has 0 saturated heterocycles. The number of hydrogen-bond donors (Lipinski definition) is 2. The Morgan fingerprint density at radius 3 is 2.61 bits per heavy atom. The van der Waals surface area contributed by atoms with Crippen LogP contribution in [0.3, 0.4) is 0 Å². The van der Waals surface area contributed by atoms with Gasteiger partial charge in [0.1, 0.15) is 0 Å². The van der Waals surface area contributed by atoms with Gasteiger partial charge in [-0.15, -0.1) is 0 Å². The lowest BCUT2D eigenvalue weighted by Gasteiger charge is -2.14. The van der Waals surface area contributed by atoms with Crippen LogP contribution in [0.2, 0.25) is 0 Å². The number of aromatic nitrogens is 2. The van der Waals surface area contributed by atoms with E-state index < -0.39 is 0 Å². The standard InChI is InChI=1S/C24H28BrN5O/c1-5-18-9-6-7-12-22(18)27-24(28-23(31)19-10-8-11-20(25)15-19)26-14-13-21-16(2)29-30(4)17(21)3/h6-12,15H,5,13-14H2,1-4H3,(H2,26,27,28,31). The summed E-state index contributed by atoms with van der Waals surface area (Å²) in [4.78, 5) is 17.5. The summed E-state index contributed by atoms with van der Waals surface area (Å²) >= 11 is 3.42. The van der Waals surface area contributed by atoms with E-state index in [2.05, 4.69) is 51.6 Å². The lowest BCUT2D eigenvalue weighted by molar-refractivity contribution is 0.0977. The molecular weight excluding hydrogens is 454 g/mol. The Morgan fingerprint density at radius 1 is 1.16 bits per heavy atom. The van der Waals surface area contributed by atoms with Crippen LogP contribution in [-0.2, 0) is 19.9 Å². The first-order valence-corrected chi connectivity index (χ1v) is 11.1. The van der Waals surface area contributed by atoms with Crippen LogP contribution in [-0.4, -0.2) is 28.2 Å². The Morgan fingerprint density at radius 2 is 1.94 bits per heavy atom. The number of carbonyl (C=O) groups is 1. The van der Waals surface area contributed by atoms with Crippen LogP contribution >= 0.6 is 15.9 Å². The number of carbonyl (C=O) groups excluding carboxylic acids is 1. The van der Waals surface area contributed by atoms with Gasteiger partial charge in [0.15, 0.2) is 0 Å². The van der Waals surface area contributed by atoms with Gasteiger partial charge in [0.05, 0.1) is 5.69 Å². The Balaban J connectivity index is 1.82. The van der Waals surface area contributed by atoms with E-state index in [4.69, 9.17) is 4.99 Å². The molecule has 0 atom stereocenters. The predicted molar refractivity (Wildman–Crippen MR) is 130 cm³/mol. The van der Waals surface area contributed by atoms with E-state index in [1.165, 1.54) is 5.56 Å². The molecule has 1 aromatic heterocycles. The lowest BCUT2D eigenvalue weighted by Crippen LogP contribution is -2.36. The number of rotatable bonds is 6. The molecule has 0 aliphatic rings. The monoisotopic (exact) mass is 481 g/mol. The minimum atomic E-state index is -0.213. The number of anilines is 1. The van der Waals surface area contributed by atoms with E-state index in [1.54, 1.807) is 12.1 Å². The van der Waals surface area contributed by atoms with E-state index in [-0.39, 0.29) is 5.91 Å². The second kappa shape index (κ2) is 10.4. The van der Waals surface area contributed by atoms with Crippen molar-refractivity contribution in [2.24, 2.45) is 12.0 Å². The molecule has 0 unspecified atom stereocenters. The quantitative estimate of drug-likeness (QED) is 0.392. The van der Waals surface area contributed by atoms with E-state index in [0.29, 0.717) is 18.1 Å². The molecule has 3 aromatic rings. The molecular formula is C24H28BrN5O. The van der Waals surface area contributed by atoms with Gasteiger partial charge < -0.3 is 5.32 Å². The topological polar surface area (TPSA) is 71.3 Å². The minimum absolute atomic E-state index is 0.213. The van der Waals surface area contributed by atoms with Crippen molar-refractivity contribution >= 4 is 33.5 Å². The van der Waals surface area contributed by atoms with Crippen LogP contribution in [0, 0.1) is 13.8 Å². The number of benzene rings is 2. The fourth-order valence-corrected chi connectivity index (χ4v) is 3.86. The third-order valence-corrected chi connectivity index (χ3v) is 5.75. The number of halogens is 1. The zero-order valence-electron chi connectivity index (χ0n) is 18.4. The number of aryl methyl sites for hydroxylation is 3. The summed E-state index contributed by atoms with van der Waals surface area (Å²) in [6.07, 6.45) is 1.63. The van der Waals surface area contributed by atoms with E-state index in [9.17, 15) is 4.79 Å². The Hall–Kier alpha value is -2.93. The van der Waals surface area contributed by atoms with Gasteiger partial charge in [0, 0.05) is 35.0 Å². The number of para-hydroxylation sites is 1. The molecule has 1 amide bonds. The number of nitrogens with zero attached hydrogens (tertiary/aromatic N) is 3. The zero-order chi connectivity index (χ0) is 22.4. The smallest absolute Gasteiger partial charge is 0.257 e. The van der Waals surface area contributed by atoms with Crippen molar-refractivity contribution in [2.45, 2.75) is 33.6 Å². The van der Waals surface area contributed by atoms with Crippen LogP contribution in [0.5, 0.6) is 0 Å². The van der Waals surface area contributed by atoms with Gasteiger partial charge in [0.2, 0.25) is 5.96 Å². The van der Waals surface area contributed by atoms with Crippen molar-refractivity contribution in [3.05, 3.63) is 81.1 Å². The van der Waals surface area contributed by atoms with E-state index in [1.807, 2.05) is 49.0 Å². The third kappa shape index (κ3) is 5.82. The average molecular weight is 482 g/mol. The van der Waals surface area contributed by atoms with Crippen molar-refractivity contribution in [1.29, 1.82) is 0 Å². The number of aliphatic imine (C=N–C) groups is 1. The number of nitrogens with one attached hydrogen (secondary N) is 2. The van der Waals surface area contributed by atoms with E-state index >= 15 is 0 Å². The molecule has 3 rings (SSSR count). The molecule has 0 aliphatic heterocycles. The molecule has 162 valence electrons. The molecule has 0 aliphatic carbocycles. The Labute approximate surface area is 191 Å². The van der Waals surface area contributed by atoms with Gasteiger partial charge in [-0.05, 0) is 62.1 Å². The molecule has 0 fully saturated rings. The fourth-order valence-electron chi connectivity index (χ4n) is 3.46. The highest BCUT2D eigenvalue weighted by atomic mass is 79.9. The second-order valence-electron chi connectivity index (χ2n) is 7.35. The molecule has 2 aromatic carbocycles. The molecule has 6 nitrogen and oxygen atoms in total. The van der Waals surface area contributed by atoms with Crippen molar-refractivity contribution < 1.29 is 4.79 Å². The summed E-state index contributed by atoms with van der Waals surface area (Å²) in [7, 11) is 1.95. The Bertz CT molecular complexity index is 1100. The molecule has 0 spiro atoms. The maximum Gasteiger partial charge on any atom is 0.257 e. The maximum absolute atomic E-state index is 12.8. The lowest BCUT2D eigenvalue weighted by atomic mass is 10.1. The van der Waals surface area contributed by atoms with Crippen molar-refractivity contribution in [3.63, 3.8) is 0 Å². The van der Waals surface area contributed by atoms with Crippen molar-refractivity contribution in [1.82, 2.24) is 15.1 Å². The maximum atomic E-state index is 12.8. The predicted octanol–water partition coefficient (Wildman–Crippen LogP) is 4.80. The van der Waals surface area contributed by atoms with Gasteiger partial charge in [0.25, 0.3) is 5.91 Å². The third-order valence-electron chi connectivity index (χ3n) is 5.26. The average Bonchev–Trinajstić information content (AvgIpc) is 2.99. The summed E-state index contributed by atoms with van der Waals surface area (Å²) in [5.41, 5.74) is 6.00. The van der Waals surface area contributed by atoms with Crippen molar-refractivity contribution in [2.75, 3.05) is 11.9 Å². The highest BCUT2D eigenvalue weighted by Crippen LogP contribution is 2.16. The molecule has 1 heterocycles. The summed E-state index contributed by atoms with van der Waals surface area (Å²) in [6, 6.07) is 15.3. The van der Waals surface area contributed by atoms with Gasteiger partial charge in [-0.25, -0.2) is 0 Å². The van der Waals surface area contributed by atoms with Crippen LogP contribution in [0.1, 0.15) is 39.8 Å². The van der Waals surface area contributed by atoms with Crippen molar-refractivity contribution in [3.8, 4) is 0 Å². The van der Waals surface area contributed by atoms with Gasteiger partial charge >= 0.3 is 0 Å². The number of hydrogen-bond acceptors (Lipinski definition) is 3. The molecule has 7 heteroatoms. The minimum Gasteiger partial charge on any atom is -0.326 e. The molecule has 31 heavy (non-hydrogen) atoms. The summed E-state index contributed by atoms with van der Waals surface area (Å²) in [6.45, 7) is 6.70. The summed E-state index contributed by atoms with van der Waals surface area (Å²) in [5, 5.41) is 10.7. The first-order valence-electron chi connectivity index (χ1n) is 10.3. The van der Waals surface area contributed by atoms with E-state index in [0.717, 1.165) is 40.0 Å². The van der Waals surface area contributed by atoms with Crippen LogP contribution in [0.4, 0.5) is 5.69 Å². The molecule has 2 N–H and O–H groups in total. The molecule has 0 radical (unpaired) electrons. The normalized spacial score (nSPS) is 11.5. The van der Waals surface area contributed by atoms with Gasteiger partial charge in [-0.3, -0.25) is 19.8 Å². The Kier molecular flexibility index (Phi) is 7.63. The molecule has 0 bridgehead atoms. The SMILES string of the molecule is CCc1ccccc1NC(=NCCc1c(C)nn(C)c1C)NC(=O)c1cccc(Br)c1. The van der Waals surface area contributed by atoms with Crippen LogP contribution in [0.25, 0.3) is 0 Å². The number of amides is 1. The largest absolute Gasteiger partial charge is 0.326 e. The first-order chi connectivity index (χ1) is 14.9. The highest BCUT2D eigenvalue weighted by molar-refractivity contribution is 9.10. The van der Waals surface area contributed by atoms with Crippen LogP contribution in [0.15, 0.2) is 58.0 Å². The highest BCUT2D eigenvalue weighted by Gasteiger charge is 2.12. The fraction of sp³-hybridized carbons (Fsp3) is 0.292.